The fourth-order valence-corrected chi connectivity index (χ4v) is 5.69. The number of hydrogen-bond acceptors (Lipinski definition) is 4. The van der Waals surface area contributed by atoms with Crippen molar-refractivity contribution in [2.75, 3.05) is 10.8 Å². The Balaban J connectivity index is 2.05. The first-order chi connectivity index (χ1) is 18.8. The van der Waals surface area contributed by atoms with Crippen molar-refractivity contribution >= 4 is 27.5 Å². The second-order valence-electron chi connectivity index (χ2n) is 10.3. The average molecular weight is 568 g/mol. The summed E-state index contributed by atoms with van der Waals surface area (Å²) in [6.45, 7) is 10.5. The number of benzene rings is 3. The van der Waals surface area contributed by atoms with Crippen molar-refractivity contribution in [2.24, 2.45) is 0 Å². The molecule has 0 fully saturated rings. The Kier molecular flexibility index (Phi) is 10.1. The van der Waals surface area contributed by atoms with Crippen LogP contribution in [0.15, 0.2) is 71.6 Å². The van der Waals surface area contributed by atoms with E-state index in [9.17, 15) is 22.4 Å². The minimum atomic E-state index is -4.14. The lowest BCUT2D eigenvalue weighted by atomic mass is 10.1. The van der Waals surface area contributed by atoms with Gasteiger partial charge < -0.3 is 10.2 Å². The topological polar surface area (TPSA) is 86.8 Å². The molecule has 0 heterocycles. The van der Waals surface area contributed by atoms with Crippen molar-refractivity contribution in [3.63, 3.8) is 0 Å². The molecule has 0 aliphatic heterocycles. The maximum absolute atomic E-state index is 14.0. The van der Waals surface area contributed by atoms with Gasteiger partial charge in [0.2, 0.25) is 11.8 Å². The lowest BCUT2D eigenvalue weighted by molar-refractivity contribution is -0.139. The molecule has 3 rings (SSSR count). The summed E-state index contributed by atoms with van der Waals surface area (Å²) in [6.07, 6.45) is 0.708. The number of sulfonamides is 1. The molecular formula is C31H38FN3O4S. The quantitative estimate of drug-likeness (QED) is 0.342. The SMILES string of the molecule is CC[C@@H](C)NC(=O)[C@@H](C)N(Cc1ccc(F)cc1)C(=O)CN(c1cc(C)cc(C)c1)S(=O)(=O)c1ccc(C)cc1. The number of carbonyl (C=O) groups is 2. The van der Waals surface area contributed by atoms with E-state index in [4.69, 9.17) is 0 Å². The molecular weight excluding hydrogens is 529 g/mol. The van der Waals surface area contributed by atoms with Crippen molar-refractivity contribution in [1.82, 2.24) is 10.2 Å². The van der Waals surface area contributed by atoms with E-state index in [1.54, 1.807) is 43.3 Å². The zero-order valence-corrected chi connectivity index (χ0v) is 24.8. The molecule has 0 spiro atoms. The Morgan fingerprint density at radius 1 is 0.875 bits per heavy atom. The van der Waals surface area contributed by atoms with E-state index in [0.717, 1.165) is 21.0 Å². The first-order valence-corrected chi connectivity index (χ1v) is 14.8. The number of anilines is 1. The van der Waals surface area contributed by atoms with E-state index in [0.29, 0.717) is 17.7 Å². The van der Waals surface area contributed by atoms with Gasteiger partial charge in [-0.1, -0.05) is 42.8 Å². The van der Waals surface area contributed by atoms with Gasteiger partial charge in [-0.25, -0.2) is 12.8 Å². The standard InChI is InChI=1S/C31H38FN3O4S/c1-7-24(5)33-31(37)25(6)34(19-26-10-12-27(32)13-11-26)30(36)20-35(28-17-22(3)16-23(4)18-28)40(38,39)29-14-8-21(2)9-15-29/h8-18,24-25H,7,19-20H2,1-6H3,(H,33,37)/t24-,25-/m1/s1. The highest BCUT2D eigenvalue weighted by Gasteiger charge is 2.33. The van der Waals surface area contributed by atoms with Crippen LogP contribution in [0, 0.1) is 26.6 Å². The molecule has 0 radical (unpaired) electrons. The molecule has 0 aromatic heterocycles. The predicted octanol–water partition coefficient (Wildman–Crippen LogP) is 5.28. The van der Waals surface area contributed by atoms with Gasteiger partial charge >= 0.3 is 0 Å². The number of amides is 2. The van der Waals surface area contributed by atoms with Crippen LogP contribution in [0.2, 0.25) is 0 Å². The Morgan fingerprint density at radius 3 is 2.00 bits per heavy atom. The van der Waals surface area contributed by atoms with Gasteiger partial charge in [0.25, 0.3) is 10.0 Å². The maximum Gasteiger partial charge on any atom is 0.264 e. The molecule has 3 aromatic rings. The van der Waals surface area contributed by atoms with Crippen molar-refractivity contribution in [3.8, 4) is 0 Å². The van der Waals surface area contributed by atoms with Crippen LogP contribution in [0.4, 0.5) is 10.1 Å². The molecule has 0 saturated heterocycles. The van der Waals surface area contributed by atoms with Crippen LogP contribution >= 0.6 is 0 Å². The van der Waals surface area contributed by atoms with Crippen LogP contribution in [-0.4, -0.2) is 43.8 Å². The summed E-state index contributed by atoms with van der Waals surface area (Å²) in [5.74, 6) is -1.34. The molecule has 0 aliphatic rings. The molecule has 9 heteroatoms. The molecule has 7 nitrogen and oxygen atoms in total. The number of halogens is 1. The summed E-state index contributed by atoms with van der Waals surface area (Å²) in [4.78, 5) is 28.5. The van der Waals surface area contributed by atoms with E-state index in [1.807, 2.05) is 40.7 Å². The van der Waals surface area contributed by atoms with E-state index in [1.165, 1.54) is 29.2 Å². The van der Waals surface area contributed by atoms with Crippen LogP contribution in [0.1, 0.15) is 49.4 Å². The summed E-state index contributed by atoms with van der Waals surface area (Å²) < 4.78 is 42.6. The van der Waals surface area contributed by atoms with Crippen LogP contribution in [0.5, 0.6) is 0 Å². The highest BCUT2D eigenvalue weighted by Crippen LogP contribution is 2.27. The van der Waals surface area contributed by atoms with Gasteiger partial charge in [-0.2, -0.15) is 0 Å². The monoisotopic (exact) mass is 567 g/mol. The van der Waals surface area contributed by atoms with Gasteiger partial charge in [0.15, 0.2) is 0 Å². The maximum atomic E-state index is 14.0. The van der Waals surface area contributed by atoms with Crippen LogP contribution < -0.4 is 9.62 Å². The molecule has 3 aromatic carbocycles. The van der Waals surface area contributed by atoms with Gasteiger partial charge in [0.1, 0.15) is 18.4 Å². The van der Waals surface area contributed by atoms with Crippen molar-refractivity contribution in [3.05, 3.63) is 94.8 Å². The summed E-state index contributed by atoms with van der Waals surface area (Å²) in [5, 5.41) is 2.90. The van der Waals surface area contributed by atoms with E-state index < -0.39 is 34.3 Å². The molecule has 2 amide bonds. The number of nitrogens with zero attached hydrogens (tertiary/aromatic N) is 2. The predicted molar refractivity (Wildman–Crippen MR) is 156 cm³/mol. The summed E-state index contributed by atoms with van der Waals surface area (Å²) in [5.41, 5.74) is 3.55. The van der Waals surface area contributed by atoms with Gasteiger partial charge in [0.05, 0.1) is 10.6 Å². The largest absolute Gasteiger partial charge is 0.352 e. The summed E-state index contributed by atoms with van der Waals surface area (Å²) in [6, 6.07) is 16.4. The summed E-state index contributed by atoms with van der Waals surface area (Å²) in [7, 11) is -4.14. The van der Waals surface area contributed by atoms with Crippen molar-refractivity contribution in [2.45, 2.75) is 71.5 Å². The van der Waals surface area contributed by atoms with Crippen molar-refractivity contribution < 1.29 is 22.4 Å². The second-order valence-corrected chi connectivity index (χ2v) is 12.2. The number of rotatable bonds is 11. The molecule has 214 valence electrons. The van der Waals surface area contributed by atoms with Gasteiger partial charge in [-0.05, 0) is 94.1 Å². The highest BCUT2D eigenvalue weighted by atomic mass is 32.2. The zero-order valence-electron chi connectivity index (χ0n) is 23.9. The van der Waals surface area contributed by atoms with Gasteiger partial charge in [0, 0.05) is 12.6 Å². The number of carbonyl (C=O) groups excluding carboxylic acids is 2. The third kappa shape index (κ3) is 7.69. The third-order valence-corrected chi connectivity index (χ3v) is 8.60. The first kappa shape index (κ1) is 30.8. The second kappa shape index (κ2) is 13.1. The van der Waals surface area contributed by atoms with Crippen LogP contribution in [0.25, 0.3) is 0 Å². The smallest absolute Gasteiger partial charge is 0.264 e. The highest BCUT2D eigenvalue weighted by molar-refractivity contribution is 7.92. The summed E-state index contributed by atoms with van der Waals surface area (Å²) >= 11 is 0. The molecule has 1 N–H and O–H groups in total. The Bertz CT molecular complexity index is 1420. The Labute approximate surface area is 237 Å². The molecule has 2 atom stereocenters. The number of aryl methyl sites for hydroxylation is 3. The zero-order chi connectivity index (χ0) is 29.6. The van der Waals surface area contributed by atoms with Crippen LogP contribution in [0.3, 0.4) is 0 Å². The van der Waals surface area contributed by atoms with Crippen LogP contribution in [-0.2, 0) is 26.2 Å². The van der Waals surface area contributed by atoms with Gasteiger partial charge in [-0.3, -0.25) is 13.9 Å². The Morgan fingerprint density at radius 2 is 1.45 bits per heavy atom. The first-order valence-electron chi connectivity index (χ1n) is 13.3. The Hall–Kier alpha value is -3.72. The normalized spacial score (nSPS) is 12.9. The fourth-order valence-electron chi connectivity index (χ4n) is 4.30. The van der Waals surface area contributed by atoms with E-state index in [-0.39, 0.29) is 23.4 Å². The van der Waals surface area contributed by atoms with E-state index >= 15 is 0 Å². The lowest BCUT2D eigenvalue weighted by Gasteiger charge is -2.32. The minimum Gasteiger partial charge on any atom is -0.352 e. The average Bonchev–Trinajstić information content (AvgIpc) is 2.90. The lowest BCUT2D eigenvalue weighted by Crippen LogP contribution is -2.52. The fraction of sp³-hybridized carbons (Fsp3) is 0.355. The van der Waals surface area contributed by atoms with Crippen molar-refractivity contribution in [1.29, 1.82) is 0 Å². The minimum absolute atomic E-state index is 0.000525. The molecule has 0 saturated carbocycles. The molecule has 0 aliphatic carbocycles. The molecule has 0 bridgehead atoms. The molecule has 0 unspecified atom stereocenters. The third-order valence-electron chi connectivity index (χ3n) is 6.82. The number of hydrogen-bond donors (Lipinski definition) is 1. The number of nitrogens with one attached hydrogen (secondary N) is 1. The van der Waals surface area contributed by atoms with Gasteiger partial charge in [-0.15, -0.1) is 0 Å². The van der Waals surface area contributed by atoms with E-state index in [2.05, 4.69) is 5.32 Å². The molecule has 40 heavy (non-hydrogen) atoms.